The van der Waals surface area contributed by atoms with Crippen molar-refractivity contribution in [3.63, 3.8) is 0 Å². The molecule has 0 bridgehead atoms. The maximum absolute atomic E-state index is 13.4. The van der Waals surface area contributed by atoms with E-state index in [4.69, 9.17) is 4.74 Å². The minimum absolute atomic E-state index is 0.0952. The molecule has 0 saturated carbocycles. The predicted octanol–water partition coefficient (Wildman–Crippen LogP) is 2.56. The molecule has 1 unspecified atom stereocenters. The van der Waals surface area contributed by atoms with Crippen LogP contribution in [0, 0.1) is 11.6 Å². The minimum Gasteiger partial charge on any atom is -0.495 e. The topological polar surface area (TPSA) is 29.5 Å². The lowest BCUT2D eigenvalue weighted by Gasteiger charge is -2.20. The molecule has 0 radical (unpaired) electrons. The molecule has 1 atom stereocenters. The number of hydrogen-bond donors (Lipinski definition) is 1. The van der Waals surface area contributed by atoms with E-state index in [0.29, 0.717) is 12.4 Å². The number of aliphatic hydroxyl groups excluding tert-OH is 1. The fourth-order valence-electron chi connectivity index (χ4n) is 1.80. The molecule has 0 fully saturated rings. The fourth-order valence-corrected chi connectivity index (χ4v) is 1.80. The molecular weight excluding hydrogens is 226 g/mol. The number of rotatable bonds is 3. The first-order valence-electron chi connectivity index (χ1n) is 5.61. The van der Waals surface area contributed by atoms with Crippen molar-refractivity contribution in [2.45, 2.75) is 25.4 Å². The zero-order chi connectivity index (χ0) is 12.3. The minimum atomic E-state index is -0.865. The number of allylic oxidation sites excluding steroid dienone is 1. The molecular formula is C13H14F2O2. The number of benzene rings is 1. The second kappa shape index (κ2) is 5.27. The van der Waals surface area contributed by atoms with E-state index in [9.17, 15) is 13.9 Å². The van der Waals surface area contributed by atoms with Crippen LogP contribution < -0.4 is 0 Å². The van der Waals surface area contributed by atoms with E-state index in [1.165, 1.54) is 12.1 Å². The lowest BCUT2D eigenvalue weighted by atomic mass is 10.0. The Hall–Kier alpha value is -1.42. The van der Waals surface area contributed by atoms with Crippen molar-refractivity contribution >= 4 is 0 Å². The molecule has 1 N–H and O–H groups in total. The zero-order valence-corrected chi connectivity index (χ0v) is 9.33. The van der Waals surface area contributed by atoms with Crippen LogP contribution in [0.25, 0.3) is 0 Å². The van der Waals surface area contributed by atoms with Gasteiger partial charge in [0, 0.05) is 12.5 Å². The number of halogens is 2. The largest absolute Gasteiger partial charge is 0.495 e. The van der Waals surface area contributed by atoms with Crippen molar-refractivity contribution in [2.24, 2.45) is 0 Å². The highest BCUT2D eigenvalue weighted by Gasteiger charge is 2.17. The third kappa shape index (κ3) is 3.03. The van der Waals surface area contributed by atoms with Crippen LogP contribution in [0.2, 0.25) is 0 Å². The molecule has 1 heterocycles. The van der Waals surface area contributed by atoms with Gasteiger partial charge in [0.2, 0.25) is 0 Å². The Kier molecular flexibility index (Phi) is 3.74. The van der Waals surface area contributed by atoms with E-state index >= 15 is 0 Å². The zero-order valence-electron chi connectivity index (χ0n) is 9.33. The monoisotopic (exact) mass is 240 g/mol. The van der Waals surface area contributed by atoms with Gasteiger partial charge in [-0.2, -0.15) is 0 Å². The van der Waals surface area contributed by atoms with Crippen LogP contribution >= 0.6 is 0 Å². The highest BCUT2D eigenvalue weighted by molar-refractivity contribution is 5.21. The van der Waals surface area contributed by atoms with E-state index in [-0.39, 0.29) is 12.0 Å². The van der Waals surface area contributed by atoms with Crippen molar-refractivity contribution in [3.05, 3.63) is 47.2 Å². The number of aliphatic hydroxyl groups is 1. The van der Waals surface area contributed by atoms with Gasteiger partial charge >= 0.3 is 0 Å². The van der Waals surface area contributed by atoms with Gasteiger partial charge in [-0.05, 0) is 30.5 Å². The van der Waals surface area contributed by atoms with Crippen LogP contribution in [0.4, 0.5) is 8.78 Å². The van der Waals surface area contributed by atoms with Crippen LogP contribution in [0.3, 0.4) is 0 Å². The Morgan fingerprint density at radius 3 is 2.82 bits per heavy atom. The average molecular weight is 240 g/mol. The first-order chi connectivity index (χ1) is 8.16. The molecule has 2 rings (SSSR count). The first kappa shape index (κ1) is 12.0. The average Bonchev–Trinajstić information content (AvgIpc) is 2.34. The van der Waals surface area contributed by atoms with Crippen molar-refractivity contribution in [1.82, 2.24) is 0 Å². The maximum atomic E-state index is 13.4. The van der Waals surface area contributed by atoms with Crippen LogP contribution in [-0.2, 0) is 11.2 Å². The summed E-state index contributed by atoms with van der Waals surface area (Å²) >= 11 is 0. The smallest absolute Gasteiger partial charge is 0.129 e. The molecule has 2 nitrogen and oxygen atoms in total. The van der Waals surface area contributed by atoms with E-state index < -0.39 is 17.7 Å². The Balaban J connectivity index is 2.07. The molecule has 1 aliphatic heterocycles. The third-order valence-electron chi connectivity index (χ3n) is 2.72. The predicted molar refractivity (Wildman–Crippen MR) is 59.3 cm³/mol. The SMILES string of the molecule is OC(Cc1ccc(F)cc1F)C1=CCCCO1. The van der Waals surface area contributed by atoms with Gasteiger partial charge in [0.05, 0.1) is 6.61 Å². The van der Waals surface area contributed by atoms with Crippen LogP contribution in [0.5, 0.6) is 0 Å². The summed E-state index contributed by atoms with van der Waals surface area (Å²) in [7, 11) is 0. The Labute approximate surface area is 98.5 Å². The molecule has 1 aromatic rings. The van der Waals surface area contributed by atoms with Crippen molar-refractivity contribution < 1.29 is 18.6 Å². The molecule has 4 heteroatoms. The summed E-state index contributed by atoms with van der Waals surface area (Å²) in [5, 5.41) is 9.87. The van der Waals surface area contributed by atoms with Crippen molar-refractivity contribution in [1.29, 1.82) is 0 Å². The fraction of sp³-hybridized carbons (Fsp3) is 0.385. The van der Waals surface area contributed by atoms with Crippen LogP contribution in [0.15, 0.2) is 30.0 Å². The third-order valence-corrected chi connectivity index (χ3v) is 2.72. The molecule has 0 aromatic heterocycles. The highest BCUT2D eigenvalue weighted by atomic mass is 19.1. The summed E-state index contributed by atoms with van der Waals surface area (Å²) in [5.74, 6) is -0.769. The Bertz CT molecular complexity index is 429. The number of hydrogen-bond acceptors (Lipinski definition) is 2. The van der Waals surface area contributed by atoms with Gasteiger partial charge < -0.3 is 9.84 Å². The van der Waals surface area contributed by atoms with E-state index in [1.54, 1.807) is 0 Å². The first-order valence-corrected chi connectivity index (χ1v) is 5.61. The van der Waals surface area contributed by atoms with Gasteiger partial charge in [0.15, 0.2) is 0 Å². The molecule has 0 amide bonds. The lowest BCUT2D eigenvalue weighted by molar-refractivity contribution is 0.0913. The van der Waals surface area contributed by atoms with E-state index in [0.717, 1.165) is 18.9 Å². The van der Waals surface area contributed by atoms with E-state index in [1.807, 2.05) is 6.08 Å². The van der Waals surface area contributed by atoms with Gasteiger partial charge in [-0.25, -0.2) is 8.78 Å². The molecule has 0 aliphatic carbocycles. The van der Waals surface area contributed by atoms with Gasteiger partial charge in [-0.1, -0.05) is 6.07 Å². The lowest BCUT2D eigenvalue weighted by Crippen LogP contribution is -2.19. The van der Waals surface area contributed by atoms with Crippen molar-refractivity contribution in [3.8, 4) is 0 Å². The Morgan fingerprint density at radius 1 is 1.35 bits per heavy atom. The summed E-state index contributed by atoms with van der Waals surface area (Å²) in [4.78, 5) is 0. The summed E-state index contributed by atoms with van der Waals surface area (Å²) in [6.07, 6.45) is 2.84. The normalized spacial score (nSPS) is 17.2. The van der Waals surface area contributed by atoms with Gasteiger partial charge in [-0.15, -0.1) is 0 Å². The molecule has 0 saturated heterocycles. The summed E-state index contributed by atoms with van der Waals surface area (Å²) < 4.78 is 31.4. The second-order valence-corrected chi connectivity index (χ2v) is 4.05. The molecule has 17 heavy (non-hydrogen) atoms. The summed E-state index contributed by atoms with van der Waals surface area (Å²) in [6.45, 7) is 0.578. The Morgan fingerprint density at radius 2 is 2.18 bits per heavy atom. The quantitative estimate of drug-likeness (QED) is 0.879. The van der Waals surface area contributed by atoms with E-state index in [2.05, 4.69) is 0 Å². The molecule has 1 aliphatic rings. The maximum Gasteiger partial charge on any atom is 0.129 e. The van der Waals surface area contributed by atoms with Crippen LogP contribution in [0.1, 0.15) is 18.4 Å². The van der Waals surface area contributed by atoms with Gasteiger partial charge in [0.25, 0.3) is 0 Å². The van der Waals surface area contributed by atoms with Crippen LogP contribution in [-0.4, -0.2) is 17.8 Å². The molecule has 92 valence electrons. The van der Waals surface area contributed by atoms with Gasteiger partial charge in [-0.3, -0.25) is 0 Å². The number of ether oxygens (including phenoxy) is 1. The molecule has 0 spiro atoms. The second-order valence-electron chi connectivity index (χ2n) is 4.05. The summed E-state index contributed by atoms with van der Waals surface area (Å²) in [5.41, 5.74) is 0.286. The molecule has 1 aromatic carbocycles. The summed E-state index contributed by atoms with van der Waals surface area (Å²) in [6, 6.07) is 3.34. The standard InChI is InChI=1S/C13H14F2O2/c14-10-5-4-9(11(15)8-10)7-12(16)13-3-1-2-6-17-13/h3-5,8,12,16H,1-2,6-7H2. The van der Waals surface area contributed by atoms with Gasteiger partial charge in [0.1, 0.15) is 23.5 Å². The van der Waals surface area contributed by atoms with Crippen molar-refractivity contribution in [2.75, 3.05) is 6.61 Å². The highest BCUT2D eigenvalue weighted by Crippen LogP contribution is 2.19.